The van der Waals surface area contributed by atoms with Gasteiger partial charge in [-0.15, -0.1) is 6.58 Å². The van der Waals surface area contributed by atoms with Crippen LogP contribution in [0.4, 0.5) is 0 Å². The van der Waals surface area contributed by atoms with Crippen molar-refractivity contribution >= 4 is 0 Å². The number of aliphatic hydroxyl groups excluding tert-OH is 2. The Morgan fingerprint density at radius 2 is 1.95 bits per heavy atom. The summed E-state index contributed by atoms with van der Waals surface area (Å²) >= 11 is 0. The zero-order valence-corrected chi connectivity index (χ0v) is 12.1. The molecule has 6 atom stereocenters. The van der Waals surface area contributed by atoms with Gasteiger partial charge in [0.2, 0.25) is 0 Å². The van der Waals surface area contributed by atoms with Crippen molar-refractivity contribution in [3.8, 4) is 0 Å². The third-order valence-electron chi connectivity index (χ3n) is 3.78. The van der Waals surface area contributed by atoms with Crippen molar-refractivity contribution in [1.29, 1.82) is 0 Å². The molecular weight excluding hydrogens is 288 g/mol. The molecule has 2 heterocycles. The van der Waals surface area contributed by atoms with Gasteiger partial charge in [-0.3, -0.25) is 0 Å². The molecule has 6 nitrogen and oxygen atoms in total. The summed E-state index contributed by atoms with van der Waals surface area (Å²) in [7, 11) is 0. The summed E-state index contributed by atoms with van der Waals surface area (Å²) in [5.74, 6) is 0. The van der Waals surface area contributed by atoms with E-state index in [1.807, 2.05) is 30.3 Å². The normalized spacial score (nSPS) is 38.3. The standard InChI is InChI=1S/C16H20O6/c1-2-8-19-16-13(18)12(17)14-11(21-16)9-20-15(22-14)10-6-4-3-5-7-10/h2-7,11-18H,1,8-9H2/t11-,12-,13-,14-,15+,16-/m1/s1. The van der Waals surface area contributed by atoms with E-state index in [1.54, 1.807) is 6.08 Å². The Labute approximate surface area is 128 Å². The number of ether oxygens (including phenoxy) is 4. The minimum Gasteiger partial charge on any atom is -0.387 e. The van der Waals surface area contributed by atoms with Gasteiger partial charge in [0.05, 0.1) is 13.2 Å². The van der Waals surface area contributed by atoms with E-state index in [0.717, 1.165) is 5.56 Å². The van der Waals surface area contributed by atoms with Crippen LogP contribution in [-0.4, -0.2) is 54.1 Å². The Balaban J connectivity index is 1.69. The van der Waals surface area contributed by atoms with E-state index in [4.69, 9.17) is 18.9 Å². The second kappa shape index (κ2) is 6.87. The van der Waals surface area contributed by atoms with Gasteiger partial charge in [-0.05, 0) is 0 Å². The Morgan fingerprint density at radius 3 is 2.68 bits per heavy atom. The number of hydrogen-bond donors (Lipinski definition) is 2. The van der Waals surface area contributed by atoms with E-state index in [2.05, 4.69) is 6.58 Å². The molecule has 22 heavy (non-hydrogen) atoms. The van der Waals surface area contributed by atoms with Crippen LogP contribution < -0.4 is 0 Å². The van der Waals surface area contributed by atoms with Gasteiger partial charge < -0.3 is 29.2 Å². The molecule has 1 aromatic carbocycles. The molecule has 0 unspecified atom stereocenters. The maximum Gasteiger partial charge on any atom is 0.187 e. The summed E-state index contributed by atoms with van der Waals surface area (Å²) in [4.78, 5) is 0. The summed E-state index contributed by atoms with van der Waals surface area (Å²) in [5.41, 5.74) is 0.854. The van der Waals surface area contributed by atoms with Gasteiger partial charge in [-0.1, -0.05) is 36.4 Å². The highest BCUT2D eigenvalue weighted by Gasteiger charge is 2.49. The van der Waals surface area contributed by atoms with E-state index in [1.165, 1.54) is 0 Å². The fourth-order valence-corrected chi connectivity index (χ4v) is 2.66. The molecule has 0 radical (unpaired) electrons. The molecule has 2 fully saturated rings. The van der Waals surface area contributed by atoms with Crippen LogP contribution in [0.25, 0.3) is 0 Å². The molecule has 2 N–H and O–H groups in total. The largest absolute Gasteiger partial charge is 0.387 e. The molecule has 0 amide bonds. The summed E-state index contributed by atoms with van der Waals surface area (Å²) < 4.78 is 22.4. The first-order chi connectivity index (χ1) is 10.7. The first-order valence-electron chi connectivity index (χ1n) is 7.27. The van der Waals surface area contributed by atoms with Crippen LogP contribution in [0.15, 0.2) is 43.0 Å². The topological polar surface area (TPSA) is 77.4 Å². The lowest BCUT2D eigenvalue weighted by atomic mass is 9.98. The highest BCUT2D eigenvalue weighted by molar-refractivity contribution is 5.16. The fourth-order valence-electron chi connectivity index (χ4n) is 2.66. The highest BCUT2D eigenvalue weighted by atomic mass is 16.8. The van der Waals surface area contributed by atoms with Crippen LogP contribution in [0.3, 0.4) is 0 Å². The van der Waals surface area contributed by atoms with Gasteiger partial charge in [-0.2, -0.15) is 0 Å². The van der Waals surface area contributed by atoms with Gasteiger partial charge in [-0.25, -0.2) is 0 Å². The van der Waals surface area contributed by atoms with Crippen LogP contribution in [0.2, 0.25) is 0 Å². The van der Waals surface area contributed by atoms with Gasteiger partial charge >= 0.3 is 0 Å². The molecule has 0 spiro atoms. The first-order valence-corrected chi connectivity index (χ1v) is 7.27. The molecule has 2 saturated heterocycles. The molecule has 2 aliphatic rings. The van der Waals surface area contributed by atoms with E-state index >= 15 is 0 Å². The maximum absolute atomic E-state index is 10.3. The van der Waals surface area contributed by atoms with Crippen molar-refractivity contribution in [3.63, 3.8) is 0 Å². The van der Waals surface area contributed by atoms with Crippen LogP contribution in [0, 0.1) is 0 Å². The van der Waals surface area contributed by atoms with Crippen LogP contribution >= 0.6 is 0 Å². The number of rotatable bonds is 4. The Kier molecular flexibility index (Phi) is 4.87. The quantitative estimate of drug-likeness (QED) is 0.799. The third kappa shape index (κ3) is 3.08. The Hall–Kier alpha value is -1.28. The molecule has 1 aromatic rings. The maximum atomic E-state index is 10.3. The van der Waals surface area contributed by atoms with Crippen LogP contribution in [0.5, 0.6) is 0 Å². The van der Waals surface area contributed by atoms with Crippen molar-refractivity contribution in [2.45, 2.75) is 37.0 Å². The predicted octanol–water partition coefficient (Wildman–Crippen LogP) is 0.750. The van der Waals surface area contributed by atoms with Crippen molar-refractivity contribution in [2.24, 2.45) is 0 Å². The van der Waals surface area contributed by atoms with E-state index in [-0.39, 0.29) is 13.2 Å². The molecular formula is C16H20O6. The van der Waals surface area contributed by atoms with Gasteiger partial charge in [0.25, 0.3) is 0 Å². The number of hydrogen-bond acceptors (Lipinski definition) is 6. The molecule has 2 aliphatic heterocycles. The lowest BCUT2D eigenvalue weighted by Gasteiger charge is -2.46. The summed E-state index contributed by atoms with van der Waals surface area (Å²) in [6, 6.07) is 9.44. The second-order valence-electron chi connectivity index (χ2n) is 5.32. The Bertz CT molecular complexity index is 491. The third-order valence-corrected chi connectivity index (χ3v) is 3.78. The van der Waals surface area contributed by atoms with Crippen molar-refractivity contribution in [1.82, 2.24) is 0 Å². The molecule has 120 valence electrons. The number of aliphatic hydroxyl groups is 2. The van der Waals surface area contributed by atoms with Crippen LogP contribution in [0.1, 0.15) is 11.9 Å². The van der Waals surface area contributed by atoms with Crippen LogP contribution in [-0.2, 0) is 18.9 Å². The molecule has 6 heteroatoms. The van der Waals surface area contributed by atoms with E-state index < -0.39 is 37.0 Å². The van der Waals surface area contributed by atoms with E-state index in [9.17, 15) is 10.2 Å². The monoisotopic (exact) mass is 308 g/mol. The zero-order valence-electron chi connectivity index (χ0n) is 12.1. The van der Waals surface area contributed by atoms with Gasteiger partial charge in [0.1, 0.15) is 24.4 Å². The fraction of sp³-hybridized carbons (Fsp3) is 0.500. The first kappa shape index (κ1) is 15.6. The SMILES string of the molecule is C=CCO[C@@H]1O[C@@H]2CO[C@H](c3ccccc3)O[C@H]2[C@H](O)[C@H]1O. The molecule has 0 bridgehead atoms. The molecule has 0 saturated carbocycles. The predicted molar refractivity (Wildman–Crippen MR) is 76.8 cm³/mol. The van der Waals surface area contributed by atoms with E-state index in [0.29, 0.717) is 0 Å². The lowest BCUT2D eigenvalue weighted by molar-refractivity contribution is -0.360. The van der Waals surface area contributed by atoms with Crippen molar-refractivity contribution in [2.75, 3.05) is 13.2 Å². The smallest absolute Gasteiger partial charge is 0.187 e. The zero-order chi connectivity index (χ0) is 15.5. The molecule has 0 aliphatic carbocycles. The van der Waals surface area contributed by atoms with Gasteiger partial charge in [0, 0.05) is 5.56 Å². The summed E-state index contributed by atoms with van der Waals surface area (Å²) in [5, 5.41) is 20.4. The molecule has 3 rings (SSSR count). The number of fused-ring (bicyclic) bond motifs is 1. The Morgan fingerprint density at radius 1 is 1.18 bits per heavy atom. The summed E-state index contributed by atoms with van der Waals surface area (Å²) in [6.07, 6.45) is -3.41. The highest BCUT2D eigenvalue weighted by Crippen LogP contribution is 2.34. The molecule has 0 aromatic heterocycles. The summed E-state index contributed by atoms with van der Waals surface area (Å²) in [6.45, 7) is 4.01. The minimum absolute atomic E-state index is 0.222. The average Bonchev–Trinajstić information content (AvgIpc) is 2.57. The minimum atomic E-state index is -1.18. The second-order valence-corrected chi connectivity index (χ2v) is 5.32. The lowest BCUT2D eigenvalue weighted by Crippen LogP contribution is -2.62. The van der Waals surface area contributed by atoms with Crippen molar-refractivity contribution < 1.29 is 29.2 Å². The van der Waals surface area contributed by atoms with Gasteiger partial charge in [0.15, 0.2) is 12.6 Å². The van der Waals surface area contributed by atoms with Crippen molar-refractivity contribution in [3.05, 3.63) is 48.6 Å². The average molecular weight is 308 g/mol. The number of benzene rings is 1.